The number of nitrogens with one attached hydrogen (secondary N) is 3. The standard InChI is InChI=1S/C13H10BrFN4O2/c14-9-1-2-11(10(15)7-9)17-13(21)19-18-12(20)8-3-5-16-6-4-8/h1-7H,(H,18,20)(H2,17,19,21). The van der Waals surface area contributed by atoms with Gasteiger partial charge in [0.05, 0.1) is 5.69 Å². The van der Waals surface area contributed by atoms with Crippen LogP contribution in [0.3, 0.4) is 0 Å². The van der Waals surface area contributed by atoms with Crippen LogP contribution in [0.5, 0.6) is 0 Å². The molecule has 2 aromatic rings. The summed E-state index contributed by atoms with van der Waals surface area (Å²) in [6, 6.07) is 6.40. The lowest BCUT2D eigenvalue weighted by atomic mass is 10.3. The number of urea groups is 1. The second-order valence-electron chi connectivity index (χ2n) is 3.89. The van der Waals surface area contributed by atoms with Gasteiger partial charge in [-0.2, -0.15) is 0 Å². The van der Waals surface area contributed by atoms with E-state index in [2.05, 4.69) is 37.1 Å². The highest BCUT2D eigenvalue weighted by Crippen LogP contribution is 2.18. The molecule has 3 N–H and O–H groups in total. The van der Waals surface area contributed by atoms with Gasteiger partial charge in [-0.3, -0.25) is 15.2 Å². The van der Waals surface area contributed by atoms with E-state index in [0.29, 0.717) is 10.0 Å². The molecule has 8 heteroatoms. The smallest absolute Gasteiger partial charge is 0.304 e. The summed E-state index contributed by atoms with van der Waals surface area (Å²) in [6.07, 6.45) is 2.90. The van der Waals surface area contributed by atoms with E-state index in [0.717, 1.165) is 0 Å². The predicted octanol–water partition coefficient (Wildman–Crippen LogP) is 2.45. The number of aromatic nitrogens is 1. The lowest BCUT2D eigenvalue weighted by molar-refractivity contribution is 0.0938. The molecule has 0 saturated carbocycles. The van der Waals surface area contributed by atoms with Gasteiger partial charge in [0.25, 0.3) is 5.91 Å². The number of anilines is 1. The maximum Gasteiger partial charge on any atom is 0.338 e. The Morgan fingerprint density at radius 2 is 1.81 bits per heavy atom. The van der Waals surface area contributed by atoms with E-state index in [1.54, 1.807) is 6.07 Å². The number of hydrazine groups is 1. The van der Waals surface area contributed by atoms with Crippen LogP contribution in [0.1, 0.15) is 10.4 Å². The number of benzene rings is 1. The van der Waals surface area contributed by atoms with Gasteiger partial charge in [0.15, 0.2) is 0 Å². The van der Waals surface area contributed by atoms with Crippen molar-refractivity contribution in [3.05, 3.63) is 58.6 Å². The molecule has 0 bridgehead atoms. The summed E-state index contributed by atoms with van der Waals surface area (Å²) < 4.78 is 14.1. The van der Waals surface area contributed by atoms with E-state index in [-0.39, 0.29) is 5.69 Å². The third kappa shape index (κ3) is 4.25. The molecule has 1 aromatic carbocycles. The summed E-state index contributed by atoms with van der Waals surface area (Å²) in [4.78, 5) is 27.0. The Morgan fingerprint density at radius 3 is 2.48 bits per heavy atom. The van der Waals surface area contributed by atoms with Crippen molar-refractivity contribution in [3.8, 4) is 0 Å². The first-order chi connectivity index (χ1) is 10.1. The summed E-state index contributed by atoms with van der Waals surface area (Å²) in [7, 11) is 0. The lowest BCUT2D eigenvalue weighted by Crippen LogP contribution is -2.44. The largest absolute Gasteiger partial charge is 0.338 e. The van der Waals surface area contributed by atoms with Crippen LogP contribution in [0, 0.1) is 5.82 Å². The number of hydrogen-bond acceptors (Lipinski definition) is 3. The molecular weight excluding hydrogens is 343 g/mol. The van der Waals surface area contributed by atoms with Crippen molar-refractivity contribution >= 4 is 33.6 Å². The minimum absolute atomic E-state index is 0.00569. The summed E-state index contributed by atoms with van der Waals surface area (Å²) >= 11 is 3.11. The number of carbonyl (C=O) groups is 2. The number of rotatable bonds is 2. The lowest BCUT2D eigenvalue weighted by Gasteiger charge is -2.09. The average molecular weight is 353 g/mol. The Labute approximate surface area is 127 Å². The Morgan fingerprint density at radius 1 is 1.10 bits per heavy atom. The van der Waals surface area contributed by atoms with Gasteiger partial charge in [0.2, 0.25) is 0 Å². The van der Waals surface area contributed by atoms with Gasteiger partial charge < -0.3 is 5.32 Å². The monoisotopic (exact) mass is 352 g/mol. The van der Waals surface area contributed by atoms with Crippen molar-refractivity contribution in [2.45, 2.75) is 0 Å². The number of pyridine rings is 1. The molecule has 108 valence electrons. The molecule has 3 amide bonds. The molecule has 0 saturated heterocycles. The third-order valence-electron chi connectivity index (χ3n) is 2.41. The van der Waals surface area contributed by atoms with E-state index >= 15 is 0 Å². The van der Waals surface area contributed by atoms with Crippen molar-refractivity contribution in [3.63, 3.8) is 0 Å². The Hall–Kier alpha value is -2.48. The Bertz CT molecular complexity index is 666. The molecule has 0 aliphatic heterocycles. The van der Waals surface area contributed by atoms with Crippen LogP contribution >= 0.6 is 15.9 Å². The van der Waals surface area contributed by atoms with Gasteiger partial charge in [-0.05, 0) is 30.3 Å². The van der Waals surface area contributed by atoms with E-state index in [9.17, 15) is 14.0 Å². The van der Waals surface area contributed by atoms with Gasteiger partial charge in [-0.1, -0.05) is 15.9 Å². The van der Waals surface area contributed by atoms with Crippen LogP contribution in [-0.2, 0) is 0 Å². The number of hydrogen-bond donors (Lipinski definition) is 3. The van der Waals surface area contributed by atoms with Crippen LogP contribution < -0.4 is 16.2 Å². The molecule has 2 rings (SSSR count). The first-order valence-corrected chi connectivity index (χ1v) is 6.58. The van der Waals surface area contributed by atoms with Crippen molar-refractivity contribution in [1.29, 1.82) is 0 Å². The van der Waals surface area contributed by atoms with E-state index < -0.39 is 17.8 Å². The van der Waals surface area contributed by atoms with Crippen LogP contribution in [0.15, 0.2) is 47.2 Å². The number of halogens is 2. The normalized spacial score (nSPS) is 9.81. The molecular formula is C13H10BrFN4O2. The number of nitrogens with zero attached hydrogens (tertiary/aromatic N) is 1. The molecule has 1 aromatic heterocycles. The Balaban J connectivity index is 1.89. The highest BCUT2D eigenvalue weighted by molar-refractivity contribution is 9.10. The molecule has 0 aliphatic carbocycles. The molecule has 0 atom stereocenters. The molecule has 0 aliphatic rings. The number of amides is 3. The van der Waals surface area contributed by atoms with Crippen molar-refractivity contribution in [2.24, 2.45) is 0 Å². The fourth-order valence-electron chi connectivity index (χ4n) is 1.43. The summed E-state index contributed by atoms with van der Waals surface area (Å²) in [5.74, 6) is -1.11. The topological polar surface area (TPSA) is 83.1 Å². The summed E-state index contributed by atoms with van der Waals surface area (Å²) in [6.45, 7) is 0. The van der Waals surface area contributed by atoms with Crippen molar-refractivity contribution in [2.75, 3.05) is 5.32 Å². The van der Waals surface area contributed by atoms with Crippen molar-refractivity contribution < 1.29 is 14.0 Å². The number of carbonyl (C=O) groups excluding carboxylic acids is 2. The quantitative estimate of drug-likeness (QED) is 0.726. The maximum absolute atomic E-state index is 13.5. The zero-order valence-electron chi connectivity index (χ0n) is 10.6. The molecule has 21 heavy (non-hydrogen) atoms. The fraction of sp³-hybridized carbons (Fsp3) is 0. The predicted molar refractivity (Wildman–Crippen MR) is 78.0 cm³/mol. The van der Waals surface area contributed by atoms with Crippen LogP contribution in [0.25, 0.3) is 0 Å². The van der Waals surface area contributed by atoms with Gasteiger partial charge in [0.1, 0.15) is 5.82 Å². The van der Waals surface area contributed by atoms with Crippen LogP contribution in [0.4, 0.5) is 14.9 Å². The highest BCUT2D eigenvalue weighted by atomic mass is 79.9. The SMILES string of the molecule is O=C(NNC(=O)c1ccncc1)Nc1ccc(Br)cc1F. The van der Waals surface area contributed by atoms with Crippen LogP contribution in [0.2, 0.25) is 0 Å². The molecule has 1 heterocycles. The maximum atomic E-state index is 13.5. The van der Waals surface area contributed by atoms with Crippen molar-refractivity contribution in [1.82, 2.24) is 15.8 Å². The van der Waals surface area contributed by atoms with Crippen LogP contribution in [-0.4, -0.2) is 16.9 Å². The van der Waals surface area contributed by atoms with E-state index in [4.69, 9.17) is 0 Å². The fourth-order valence-corrected chi connectivity index (χ4v) is 1.77. The highest BCUT2D eigenvalue weighted by Gasteiger charge is 2.09. The molecule has 6 nitrogen and oxygen atoms in total. The molecule has 0 fully saturated rings. The summed E-state index contributed by atoms with van der Waals surface area (Å²) in [5.41, 5.74) is 4.64. The molecule has 0 radical (unpaired) electrons. The van der Waals surface area contributed by atoms with Gasteiger partial charge in [0, 0.05) is 22.4 Å². The van der Waals surface area contributed by atoms with Gasteiger partial charge in [-0.15, -0.1) is 0 Å². The minimum Gasteiger partial charge on any atom is -0.304 e. The second-order valence-corrected chi connectivity index (χ2v) is 4.81. The zero-order chi connectivity index (χ0) is 15.2. The third-order valence-corrected chi connectivity index (χ3v) is 2.90. The first kappa shape index (κ1) is 14.9. The minimum atomic E-state index is -0.765. The van der Waals surface area contributed by atoms with Gasteiger partial charge >= 0.3 is 6.03 Å². The van der Waals surface area contributed by atoms with Gasteiger partial charge in [-0.25, -0.2) is 14.6 Å². The summed E-state index contributed by atoms with van der Waals surface area (Å²) in [5, 5.41) is 2.27. The zero-order valence-corrected chi connectivity index (χ0v) is 12.1. The molecule has 0 unspecified atom stereocenters. The van der Waals surface area contributed by atoms with E-state index in [1.807, 2.05) is 0 Å². The van der Waals surface area contributed by atoms with E-state index in [1.165, 1.54) is 36.7 Å². The average Bonchev–Trinajstić information content (AvgIpc) is 2.48. The molecule has 0 spiro atoms. The Kier molecular flexibility index (Phi) is 4.83. The first-order valence-electron chi connectivity index (χ1n) is 5.78. The second kappa shape index (κ2) is 6.80.